The zero-order chi connectivity index (χ0) is 17.8. The summed E-state index contributed by atoms with van der Waals surface area (Å²) in [6.45, 7) is 5.33. The molecule has 0 atom stereocenters. The van der Waals surface area contributed by atoms with Crippen LogP contribution in [0.5, 0.6) is 0 Å². The zero-order valence-electron chi connectivity index (χ0n) is 14.7. The molecule has 25 heavy (non-hydrogen) atoms. The van der Waals surface area contributed by atoms with Gasteiger partial charge in [-0.15, -0.1) is 0 Å². The normalized spacial score (nSPS) is 15.0. The molecule has 2 amide bonds. The highest BCUT2D eigenvalue weighted by atomic mass is 16.2. The van der Waals surface area contributed by atoms with Crippen molar-refractivity contribution in [2.24, 2.45) is 0 Å². The third-order valence-corrected chi connectivity index (χ3v) is 4.79. The molecule has 0 saturated carbocycles. The average Bonchev–Trinajstić information content (AvgIpc) is 2.64. The number of aromatic nitrogens is 1. The predicted octanol–water partition coefficient (Wildman–Crippen LogP) is 2.73. The van der Waals surface area contributed by atoms with E-state index in [0.29, 0.717) is 24.2 Å². The van der Waals surface area contributed by atoms with Crippen molar-refractivity contribution in [3.63, 3.8) is 0 Å². The highest BCUT2D eigenvalue weighted by Gasteiger charge is 2.25. The standard InChI is InChI=1S/C20H23N3O2/c1-14-5-6-16(12-15(14)2)19(24)22-18-7-10-23(11-8-18)20(25)17-4-3-9-21-13-17/h3-6,9,12-13,18H,7-8,10-11H2,1-2H3,(H,22,24). The van der Waals surface area contributed by atoms with E-state index in [1.165, 1.54) is 5.56 Å². The second-order valence-electron chi connectivity index (χ2n) is 6.58. The second kappa shape index (κ2) is 7.47. The maximum absolute atomic E-state index is 12.4. The van der Waals surface area contributed by atoms with Gasteiger partial charge in [0.05, 0.1) is 5.56 Å². The fourth-order valence-electron chi connectivity index (χ4n) is 3.05. The van der Waals surface area contributed by atoms with Crippen molar-refractivity contribution in [3.05, 3.63) is 65.0 Å². The summed E-state index contributed by atoms with van der Waals surface area (Å²) in [4.78, 5) is 30.7. The smallest absolute Gasteiger partial charge is 0.255 e. The summed E-state index contributed by atoms with van der Waals surface area (Å²) in [6, 6.07) is 9.41. The number of rotatable bonds is 3. The van der Waals surface area contributed by atoms with E-state index in [-0.39, 0.29) is 17.9 Å². The summed E-state index contributed by atoms with van der Waals surface area (Å²) in [5.41, 5.74) is 3.60. The Balaban J connectivity index is 1.54. The van der Waals surface area contributed by atoms with Crippen LogP contribution in [0.15, 0.2) is 42.7 Å². The number of benzene rings is 1. The molecule has 1 aromatic heterocycles. The third-order valence-electron chi connectivity index (χ3n) is 4.79. The Hall–Kier alpha value is -2.69. The SMILES string of the molecule is Cc1ccc(C(=O)NC2CCN(C(=O)c3cccnc3)CC2)cc1C. The van der Waals surface area contributed by atoms with Gasteiger partial charge in [0.2, 0.25) is 0 Å². The maximum atomic E-state index is 12.4. The molecule has 2 heterocycles. The summed E-state index contributed by atoms with van der Waals surface area (Å²) in [6.07, 6.45) is 4.78. The number of carbonyl (C=O) groups excluding carboxylic acids is 2. The number of likely N-dealkylation sites (tertiary alicyclic amines) is 1. The van der Waals surface area contributed by atoms with Crippen LogP contribution in [0.4, 0.5) is 0 Å². The molecule has 5 heteroatoms. The topological polar surface area (TPSA) is 62.3 Å². The highest BCUT2D eigenvalue weighted by Crippen LogP contribution is 2.15. The largest absolute Gasteiger partial charge is 0.349 e. The van der Waals surface area contributed by atoms with Gasteiger partial charge in [-0.3, -0.25) is 14.6 Å². The molecule has 0 radical (unpaired) electrons. The number of pyridine rings is 1. The summed E-state index contributed by atoms with van der Waals surface area (Å²) in [5, 5.41) is 3.09. The lowest BCUT2D eigenvalue weighted by atomic mass is 10.0. The minimum absolute atomic E-state index is 0.00651. The predicted molar refractivity (Wildman–Crippen MR) is 96.5 cm³/mol. The molecule has 0 bridgehead atoms. The summed E-state index contributed by atoms with van der Waals surface area (Å²) >= 11 is 0. The Kier molecular flexibility index (Phi) is 5.12. The molecule has 0 aliphatic carbocycles. The van der Waals surface area contributed by atoms with Crippen LogP contribution >= 0.6 is 0 Å². The Morgan fingerprint density at radius 1 is 1.08 bits per heavy atom. The number of hydrogen-bond acceptors (Lipinski definition) is 3. The number of piperidine rings is 1. The van der Waals surface area contributed by atoms with Crippen molar-refractivity contribution in [3.8, 4) is 0 Å². The molecule has 1 fully saturated rings. The van der Waals surface area contributed by atoms with E-state index >= 15 is 0 Å². The van der Waals surface area contributed by atoms with E-state index in [1.54, 1.807) is 24.5 Å². The van der Waals surface area contributed by atoms with Gasteiger partial charge >= 0.3 is 0 Å². The first-order valence-electron chi connectivity index (χ1n) is 8.62. The van der Waals surface area contributed by atoms with Crippen molar-refractivity contribution in [2.75, 3.05) is 13.1 Å². The molecule has 130 valence electrons. The van der Waals surface area contributed by atoms with Gasteiger partial charge in [0, 0.05) is 37.1 Å². The van der Waals surface area contributed by atoms with Crippen LogP contribution in [0.3, 0.4) is 0 Å². The minimum atomic E-state index is -0.0415. The maximum Gasteiger partial charge on any atom is 0.255 e. The third kappa shape index (κ3) is 4.05. The van der Waals surface area contributed by atoms with Crippen molar-refractivity contribution in [2.45, 2.75) is 32.7 Å². The van der Waals surface area contributed by atoms with Gasteiger partial charge in [0.25, 0.3) is 11.8 Å². The fraction of sp³-hybridized carbons (Fsp3) is 0.350. The minimum Gasteiger partial charge on any atom is -0.349 e. The summed E-state index contributed by atoms with van der Waals surface area (Å²) in [5.74, 6) is -0.0350. The van der Waals surface area contributed by atoms with Crippen LogP contribution in [0, 0.1) is 13.8 Å². The monoisotopic (exact) mass is 337 g/mol. The van der Waals surface area contributed by atoms with Gasteiger partial charge in [-0.1, -0.05) is 6.07 Å². The van der Waals surface area contributed by atoms with E-state index in [9.17, 15) is 9.59 Å². The van der Waals surface area contributed by atoms with Gasteiger partial charge in [-0.05, 0) is 62.1 Å². The van der Waals surface area contributed by atoms with Gasteiger partial charge in [-0.25, -0.2) is 0 Å². The Labute approximate surface area is 148 Å². The highest BCUT2D eigenvalue weighted by molar-refractivity contribution is 5.95. The van der Waals surface area contributed by atoms with E-state index < -0.39 is 0 Å². The van der Waals surface area contributed by atoms with Gasteiger partial charge in [0.15, 0.2) is 0 Å². The molecule has 5 nitrogen and oxygen atoms in total. The molecule has 1 saturated heterocycles. The van der Waals surface area contributed by atoms with E-state index in [1.807, 2.05) is 36.9 Å². The van der Waals surface area contributed by atoms with Gasteiger partial charge < -0.3 is 10.2 Å². The van der Waals surface area contributed by atoms with Crippen LogP contribution < -0.4 is 5.32 Å². The first-order valence-corrected chi connectivity index (χ1v) is 8.62. The van der Waals surface area contributed by atoms with Gasteiger partial charge in [0.1, 0.15) is 0 Å². The molecule has 0 spiro atoms. The molecule has 1 aromatic carbocycles. The average molecular weight is 337 g/mol. The zero-order valence-corrected chi connectivity index (χ0v) is 14.7. The quantitative estimate of drug-likeness (QED) is 0.937. The van der Waals surface area contributed by atoms with Gasteiger partial charge in [-0.2, -0.15) is 0 Å². The fourth-order valence-corrected chi connectivity index (χ4v) is 3.05. The van der Waals surface area contributed by atoms with Crippen LogP contribution in [0.25, 0.3) is 0 Å². The van der Waals surface area contributed by atoms with E-state index in [2.05, 4.69) is 10.3 Å². The van der Waals surface area contributed by atoms with Crippen LogP contribution in [0.2, 0.25) is 0 Å². The van der Waals surface area contributed by atoms with Crippen molar-refractivity contribution < 1.29 is 9.59 Å². The van der Waals surface area contributed by atoms with Crippen LogP contribution in [-0.4, -0.2) is 40.8 Å². The lowest BCUT2D eigenvalue weighted by Gasteiger charge is -2.32. The van der Waals surface area contributed by atoms with Crippen molar-refractivity contribution in [1.29, 1.82) is 0 Å². The van der Waals surface area contributed by atoms with Crippen LogP contribution in [-0.2, 0) is 0 Å². The number of amides is 2. The number of aryl methyl sites for hydroxylation is 2. The second-order valence-corrected chi connectivity index (χ2v) is 6.58. The first kappa shape index (κ1) is 17.1. The molecule has 1 aliphatic rings. The molecular weight excluding hydrogens is 314 g/mol. The Morgan fingerprint density at radius 3 is 2.48 bits per heavy atom. The van der Waals surface area contributed by atoms with Crippen LogP contribution in [0.1, 0.15) is 44.7 Å². The van der Waals surface area contributed by atoms with Crippen molar-refractivity contribution >= 4 is 11.8 Å². The summed E-state index contributed by atoms with van der Waals surface area (Å²) < 4.78 is 0. The Bertz CT molecular complexity index is 766. The number of nitrogens with one attached hydrogen (secondary N) is 1. The number of carbonyl (C=O) groups is 2. The molecule has 1 aliphatic heterocycles. The molecular formula is C20H23N3O2. The molecule has 1 N–H and O–H groups in total. The lowest BCUT2D eigenvalue weighted by molar-refractivity contribution is 0.0697. The Morgan fingerprint density at radius 2 is 1.84 bits per heavy atom. The summed E-state index contributed by atoms with van der Waals surface area (Å²) in [7, 11) is 0. The van der Waals surface area contributed by atoms with E-state index in [4.69, 9.17) is 0 Å². The molecule has 2 aromatic rings. The number of hydrogen-bond donors (Lipinski definition) is 1. The molecule has 0 unspecified atom stereocenters. The molecule has 3 rings (SSSR count). The van der Waals surface area contributed by atoms with E-state index in [0.717, 1.165) is 18.4 Å². The van der Waals surface area contributed by atoms with Crippen molar-refractivity contribution in [1.82, 2.24) is 15.2 Å². The lowest BCUT2D eigenvalue weighted by Crippen LogP contribution is -2.46. The number of nitrogens with zero attached hydrogens (tertiary/aromatic N) is 2. The first-order chi connectivity index (χ1) is 12.0.